The van der Waals surface area contributed by atoms with Crippen LogP contribution in [-0.2, 0) is 11.8 Å². The molecule has 0 aliphatic carbocycles. The summed E-state index contributed by atoms with van der Waals surface area (Å²) in [5, 5.41) is 10.2. The van der Waals surface area contributed by atoms with Gasteiger partial charge in [-0.05, 0) is 25.5 Å². The van der Waals surface area contributed by atoms with Gasteiger partial charge in [0.05, 0.1) is 6.20 Å². The number of hydrogen-bond acceptors (Lipinski definition) is 3. The molecule has 2 aromatic rings. The minimum absolute atomic E-state index is 0.0324. The maximum atomic E-state index is 12.4. The van der Waals surface area contributed by atoms with Crippen molar-refractivity contribution in [3.05, 3.63) is 53.3 Å². The van der Waals surface area contributed by atoms with E-state index in [-0.39, 0.29) is 17.9 Å². The van der Waals surface area contributed by atoms with Crippen molar-refractivity contribution < 1.29 is 4.79 Å². The monoisotopic (exact) mass is 300 g/mol. The Balaban J connectivity index is 1.96. The topological polar surface area (TPSA) is 59.0 Å². The zero-order valence-corrected chi connectivity index (χ0v) is 13.6. The third-order valence-electron chi connectivity index (χ3n) is 3.80. The van der Waals surface area contributed by atoms with Gasteiger partial charge < -0.3 is 10.6 Å². The molecule has 2 unspecified atom stereocenters. The molecule has 5 heteroatoms. The second-order valence-corrected chi connectivity index (χ2v) is 5.73. The molecular weight excluding hydrogens is 276 g/mol. The highest BCUT2D eigenvalue weighted by molar-refractivity contribution is 5.83. The number of hydrogen-bond donors (Lipinski definition) is 2. The van der Waals surface area contributed by atoms with Crippen molar-refractivity contribution in [3.63, 3.8) is 0 Å². The summed E-state index contributed by atoms with van der Waals surface area (Å²) in [6.07, 6.45) is 3.56. The molecular formula is C17H24N4O. The molecule has 1 aromatic heterocycles. The van der Waals surface area contributed by atoms with E-state index in [9.17, 15) is 4.79 Å². The summed E-state index contributed by atoms with van der Waals surface area (Å²) in [5.41, 5.74) is 3.34. The fourth-order valence-corrected chi connectivity index (χ4v) is 2.49. The zero-order valence-electron chi connectivity index (χ0n) is 13.6. The number of benzene rings is 1. The van der Waals surface area contributed by atoms with Crippen molar-refractivity contribution in [2.45, 2.75) is 25.8 Å². The van der Waals surface area contributed by atoms with E-state index < -0.39 is 0 Å². The number of aryl methyl sites for hydroxylation is 2. The third-order valence-corrected chi connectivity index (χ3v) is 3.80. The molecule has 2 atom stereocenters. The maximum absolute atomic E-state index is 12.4. The van der Waals surface area contributed by atoms with Gasteiger partial charge in [0, 0.05) is 25.4 Å². The van der Waals surface area contributed by atoms with Crippen LogP contribution in [0.1, 0.15) is 35.6 Å². The lowest BCUT2D eigenvalue weighted by Crippen LogP contribution is -2.37. The quantitative estimate of drug-likeness (QED) is 0.857. The lowest BCUT2D eigenvalue weighted by Gasteiger charge is -2.18. The molecule has 2 rings (SSSR count). The molecule has 5 nitrogen and oxygen atoms in total. The van der Waals surface area contributed by atoms with Crippen LogP contribution in [0.5, 0.6) is 0 Å². The molecule has 0 spiro atoms. The number of nitrogens with one attached hydrogen (secondary N) is 2. The Hall–Kier alpha value is -2.14. The summed E-state index contributed by atoms with van der Waals surface area (Å²) in [6, 6.07) is 8.01. The lowest BCUT2D eigenvalue weighted by molar-refractivity contribution is -0.123. The summed E-state index contributed by atoms with van der Waals surface area (Å²) in [6.45, 7) is 4.81. The predicted molar refractivity (Wildman–Crippen MR) is 87.6 cm³/mol. The zero-order chi connectivity index (χ0) is 16.1. The number of nitrogens with zero attached hydrogens (tertiary/aromatic N) is 2. The Morgan fingerprint density at radius 2 is 2.14 bits per heavy atom. The van der Waals surface area contributed by atoms with Gasteiger partial charge in [-0.1, -0.05) is 36.8 Å². The SMILES string of the molecule is CNC(C(=O)NCC(C)c1cccc(C)c1)c1cnn(C)c1. The normalized spacial score (nSPS) is 13.6. The van der Waals surface area contributed by atoms with Crippen molar-refractivity contribution in [2.75, 3.05) is 13.6 Å². The molecule has 22 heavy (non-hydrogen) atoms. The van der Waals surface area contributed by atoms with Crippen LogP contribution in [-0.4, -0.2) is 29.3 Å². The molecule has 0 aliphatic rings. The number of likely N-dealkylation sites (N-methyl/N-ethyl adjacent to an activating group) is 1. The molecule has 0 bridgehead atoms. The minimum Gasteiger partial charge on any atom is -0.354 e. The van der Waals surface area contributed by atoms with Crippen molar-refractivity contribution >= 4 is 5.91 Å². The van der Waals surface area contributed by atoms with Crippen molar-refractivity contribution in [3.8, 4) is 0 Å². The maximum Gasteiger partial charge on any atom is 0.241 e. The first-order chi connectivity index (χ1) is 10.5. The molecule has 0 saturated carbocycles. The van der Waals surface area contributed by atoms with Gasteiger partial charge in [-0.15, -0.1) is 0 Å². The second kappa shape index (κ2) is 7.22. The molecule has 0 aliphatic heterocycles. The van der Waals surface area contributed by atoms with E-state index in [1.54, 1.807) is 17.9 Å². The van der Waals surface area contributed by atoms with Crippen LogP contribution in [0.2, 0.25) is 0 Å². The van der Waals surface area contributed by atoms with Gasteiger partial charge in [0.1, 0.15) is 6.04 Å². The van der Waals surface area contributed by atoms with Gasteiger partial charge in [0.25, 0.3) is 0 Å². The smallest absolute Gasteiger partial charge is 0.241 e. The average molecular weight is 300 g/mol. The van der Waals surface area contributed by atoms with E-state index in [0.717, 1.165) is 5.56 Å². The van der Waals surface area contributed by atoms with Gasteiger partial charge in [-0.3, -0.25) is 9.48 Å². The Bertz CT molecular complexity index is 635. The largest absolute Gasteiger partial charge is 0.354 e. The summed E-state index contributed by atoms with van der Waals surface area (Å²) < 4.78 is 1.70. The summed E-state index contributed by atoms with van der Waals surface area (Å²) in [4.78, 5) is 12.4. The Kier molecular flexibility index (Phi) is 5.33. The van der Waals surface area contributed by atoms with E-state index in [2.05, 4.69) is 53.8 Å². The Morgan fingerprint density at radius 1 is 1.36 bits per heavy atom. The number of carbonyl (C=O) groups is 1. The molecule has 1 heterocycles. The highest BCUT2D eigenvalue weighted by Gasteiger charge is 2.20. The average Bonchev–Trinajstić information content (AvgIpc) is 2.91. The first kappa shape index (κ1) is 16.2. The van der Waals surface area contributed by atoms with E-state index >= 15 is 0 Å². The van der Waals surface area contributed by atoms with Crippen LogP contribution in [0.3, 0.4) is 0 Å². The predicted octanol–water partition coefficient (Wildman–Crippen LogP) is 1.91. The molecule has 2 N–H and O–H groups in total. The van der Waals surface area contributed by atoms with Crippen molar-refractivity contribution in [1.82, 2.24) is 20.4 Å². The highest BCUT2D eigenvalue weighted by atomic mass is 16.2. The van der Waals surface area contributed by atoms with E-state index in [4.69, 9.17) is 0 Å². The standard InChI is InChI=1S/C17H24N4O/c1-12-6-5-7-14(8-12)13(2)9-19-17(22)16(18-3)15-10-20-21(4)11-15/h5-8,10-11,13,16,18H,9H2,1-4H3,(H,19,22). The highest BCUT2D eigenvalue weighted by Crippen LogP contribution is 2.16. The van der Waals surface area contributed by atoms with Gasteiger partial charge >= 0.3 is 0 Å². The molecule has 0 radical (unpaired) electrons. The summed E-state index contributed by atoms with van der Waals surface area (Å²) in [5.74, 6) is 0.241. The molecule has 118 valence electrons. The van der Waals surface area contributed by atoms with Gasteiger partial charge in [0.2, 0.25) is 5.91 Å². The van der Waals surface area contributed by atoms with Crippen LogP contribution in [0.15, 0.2) is 36.7 Å². The Labute approximate surface area is 131 Å². The molecule has 0 fully saturated rings. The van der Waals surface area contributed by atoms with Crippen LogP contribution < -0.4 is 10.6 Å². The van der Waals surface area contributed by atoms with Gasteiger partial charge in [-0.2, -0.15) is 5.10 Å². The Morgan fingerprint density at radius 3 is 2.73 bits per heavy atom. The van der Waals surface area contributed by atoms with Gasteiger partial charge in [-0.25, -0.2) is 0 Å². The number of carbonyl (C=O) groups excluding carboxylic acids is 1. The van der Waals surface area contributed by atoms with Crippen molar-refractivity contribution in [2.24, 2.45) is 7.05 Å². The number of rotatable bonds is 6. The van der Waals surface area contributed by atoms with Crippen molar-refractivity contribution in [1.29, 1.82) is 0 Å². The number of amides is 1. The second-order valence-electron chi connectivity index (χ2n) is 5.73. The summed E-state index contributed by atoms with van der Waals surface area (Å²) >= 11 is 0. The fraction of sp³-hybridized carbons (Fsp3) is 0.412. The fourth-order valence-electron chi connectivity index (χ4n) is 2.49. The van der Waals surface area contributed by atoms with E-state index in [1.807, 2.05) is 13.2 Å². The lowest BCUT2D eigenvalue weighted by atomic mass is 9.99. The number of aromatic nitrogens is 2. The first-order valence-corrected chi connectivity index (χ1v) is 7.51. The van der Waals surface area contributed by atoms with Crippen LogP contribution >= 0.6 is 0 Å². The molecule has 0 saturated heterocycles. The molecule has 1 aromatic carbocycles. The van der Waals surface area contributed by atoms with E-state index in [1.165, 1.54) is 11.1 Å². The van der Waals surface area contributed by atoms with Crippen LogP contribution in [0.25, 0.3) is 0 Å². The summed E-state index contributed by atoms with van der Waals surface area (Å²) in [7, 11) is 3.62. The van der Waals surface area contributed by atoms with Crippen LogP contribution in [0, 0.1) is 6.92 Å². The third kappa shape index (κ3) is 3.95. The van der Waals surface area contributed by atoms with Crippen LogP contribution in [0.4, 0.5) is 0 Å². The van der Waals surface area contributed by atoms with E-state index in [0.29, 0.717) is 6.54 Å². The minimum atomic E-state index is -0.376. The van der Waals surface area contributed by atoms with Gasteiger partial charge in [0.15, 0.2) is 0 Å². The first-order valence-electron chi connectivity index (χ1n) is 7.51. The molecule has 1 amide bonds.